The zero-order valence-electron chi connectivity index (χ0n) is 21.8. The highest BCUT2D eigenvalue weighted by molar-refractivity contribution is 6.35. The molecular weight excluding hydrogens is 517 g/mol. The van der Waals surface area contributed by atoms with Gasteiger partial charge in [0.1, 0.15) is 17.1 Å². The van der Waals surface area contributed by atoms with Crippen molar-refractivity contribution in [3.63, 3.8) is 0 Å². The Labute approximate surface area is 231 Å². The topological polar surface area (TPSA) is 82.5 Å². The van der Waals surface area contributed by atoms with Crippen molar-refractivity contribution < 1.29 is 14.2 Å². The van der Waals surface area contributed by atoms with Crippen LogP contribution in [0.2, 0.25) is 5.02 Å². The molecule has 3 atom stereocenters. The van der Waals surface area contributed by atoms with E-state index in [1.165, 1.54) is 0 Å². The molecule has 9 heteroatoms. The molecule has 3 aliphatic heterocycles. The summed E-state index contributed by atoms with van der Waals surface area (Å²) < 4.78 is 22.7. The Hall–Kier alpha value is -3.20. The summed E-state index contributed by atoms with van der Waals surface area (Å²) in [6.07, 6.45) is 3.20. The van der Waals surface area contributed by atoms with Crippen molar-refractivity contribution in [2.24, 2.45) is 5.92 Å². The molecular formula is C30H31ClFN5O2. The molecule has 0 amide bonds. The van der Waals surface area contributed by atoms with Crippen LogP contribution in [0.3, 0.4) is 0 Å². The summed E-state index contributed by atoms with van der Waals surface area (Å²) in [4.78, 5) is 11.7. The highest BCUT2D eigenvalue weighted by atomic mass is 35.5. The third-order valence-corrected chi connectivity index (χ3v) is 8.74. The third kappa shape index (κ3) is 4.44. The van der Waals surface area contributed by atoms with Gasteiger partial charge in [-0.25, -0.2) is 4.39 Å². The largest absolute Gasteiger partial charge is 0.508 e. The van der Waals surface area contributed by atoms with Crippen molar-refractivity contribution in [2.45, 2.75) is 37.8 Å². The number of halogens is 2. The molecule has 3 fully saturated rings. The second-order valence-electron chi connectivity index (χ2n) is 11.5. The molecule has 3 aromatic carbocycles. The molecule has 4 aromatic rings. The predicted molar refractivity (Wildman–Crippen MR) is 152 cm³/mol. The smallest absolute Gasteiger partial charge is 0.319 e. The standard InChI is InChI=1S/C30H31ClFN5O2/c1-30-8-6-19(36-30)14-37(16-30)28-23-12-24(31)25(22-11-20(38)10-18-4-2-3-5-21(18)22)26(32)27(23)34-29(35-28)39-15-17-7-9-33-13-17/h2-5,10-12,17,19,33,36,38H,6-9,13-16H2,1H3/t17-,19+,30-/m0/s1. The van der Waals surface area contributed by atoms with Crippen LogP contribution in [0.5, 0.6) is 11.8 Å². The van der Waals surface area contributed by atoms with Gasteiger partial charge in [0.05, 0.1) is 11.6 Å². The number of ether oxygens (including phenoxy) is 1. The summed E-state index contributed by atoms with van der Waals surface area (Å²) in [5.41, 5.74) is 0.864. The number of aromatic nitrogens is 2. The Balaban J connectivity index is 1.40. The lowest BCUT2D eigenvalue weighted by molar-refractivity contribution is 0.242. The zero-order chi connectivity index (χ0) is 26.7. The lowest BCUT2D eigenvalue weighted by atomic mass is 9.96. The van der Waals surface area contributed by atoms with Gasteiger partial charge in [-0.1, -0.05) is 35.9 Å². The molecule has 7 nitrogen and oxygen atoms in total. The number of piperazine rings is 1. The number of nitrogens with one attached hydrogen (secondary N) is 2. The lowest BCUT2D eigenvalue weighted by Crippen LogP contribution is -2.58. The highest BCUT2D eigenvalue weighted by Crippen LogP contribution is 2.43. The first-order chi connectivity index (χ1) is 18.9. The van der Waals surface area contributed by atoms with Crippen molar-refractivity contribution >= 4 is 39.1 Å². The highest BCUT2D eigenvalue weighted by Gasteiger charge is 2.42. The van der Waals surface area contributed by atoms with Gasteiger partial charge >= 0.3 is 6.01 Å². The fraction of sp³-hybridized carbons (Fsp3) is 0.400. The van der Waals surface area contributed by atoms with Crippen LogP contribution < -0.4 is 20.3 Å². The van der Waals surface area contributed by atoms with E-state index in [0.717, 1.165) is 56.2 Å². The Morgan fingerprint density at radius 2 is 2.05 bits per heavy atom. The number of hydrogen-bond donors (Lipinski definition) is 3. The second kappa shape index (κ2) is 9.47. The van der Waals surface area contributed by atoms with Crippen LogP contribution in [0.15, 0.2) is 42.5 Å². The van der Waals surface area contributed by atoms with Crippen molar-refractivity contribution in [1.82, 2.24) is 20.6 Å². The first kappa shape index (κ1) is 24.8. The first-order valence-corrected chi connectivity index (χ1v) is 14.0. The van der Waals surface area contributed by atoms with Crippen molar-refractivity contribution in [3.8, 4) is 22.9 Å². The van der Waals surface area contributed by atoms with Crippen molar-refractivity contribution in [2.75, 3.05) is 37.7 Å². The molecule has 4 heterocycles. The maximum atomic E-state index is 16.6. The van der Waals surface area contributed by atoms with Gasteiger partial charge in [-0.05, 0) is 67.3 Å². The Morgan fingerprint density at radius 3 is 2.87 bits per heavy atom. The van der Waals surface area contributed by atoms with E-state index in [2.05, 4.69) is 27.4 Å². The fourth-order valence-electron chi connectivity index (χ4n) is 6.57. The number of aromatic hydroxyl groups is 1. The number of phenolic OH excluding ortho intramolecular Hbond substituents is 1. The Bertz CT molecular complexity index is 1590. The molecule has 0 unspecified atom stereocenters. The van der Waals surface area contributed by atoms with Gasteiger partial charge in [0, 0.05) is 48.1 Å². The number of fused-ring (bicyclic) bond motifs is 4. The van der Waals surface area contributed by atoms with Gasteiger partial charge in [0.15, 0.2) is 5.82 Å². The van der Waals surface area contributed by atoms with Crippen LogP contribution in [-0.4, -0.2) is 59.4 Å². The average molecular weight is 548 g/mol. The summed E-state index contributed by atoms with van der Waals surface area (Å²) >= 11 is 6.84. The van der Waals surface area contributed by atoms with Gasteiger partial charge < -0.3 is 25.4 Å². The van der Waals surface area contributed by atoms with Crippen LogP contribution in [0.25, 0.3) is 32.8 Å². The molecule has 39 heavy (non-hydrogen) atoms. The van der Waals surface area contributed by atoms with Crippen molar-refractivity contribution in [3.05, 3.63) is 53.3 Å². The van der Waals surface area contributed by atoms with Crippen LogP contribution >= 0.6 is 11.6 Å². The molecule has 0 saturated carbocycles. The predicted octanol–water partition coefficient (Wildman–Crippen LogP) is 5.27. The molecule has 3 N–H and O–H groups in total. The van der Waals surface area contributed by atoms with Crippen LogP contribution in [-0.2, 0) is 0 Å². The van der Waals surface area contributed by atoms with Gasteiger partial charge in [0.25, 0.3) is 0 Å². The number of benzene rings is 3. The molecule has 3 saturated heterocycles. The fourth-order valence-corrected chi connectivity index (χ4v) is 6.86. The van der Waals surface area contributed by atoms with Gasteiger partial charge in [0.2, 0.25) is 0 Å². The minimum atomic E-state index is -0.548. The molecule has 0 radical (unpaired) electrons. The third-order valence-electron chi connectivity index (χ3n) is 8.45. The van der Waals surface area contributed by atoms with Gasteiger partial charge in [-0.3, -0.25) is 0 Å². The number of rotatable bonds is 5. The zero-order valence-corrected chi connectivity index (χ0v) is 22.6. The SMILES string of the molecule is C[C@]12CC[C@H](CN(c3nc(OC[C@H]4CCNC4)nc4c(F)c(-c5cc(O)cc6ccccc56)c(Cl)cc34)C1)N2. The maximum Gasteiger partial charge on any atom is 0.319 e. The number of hydrogen-bond acceptors (Lipinski definition) is 7. The molecule has 7 rings (SSSR count). The van der Waals surface area contributed by atoms with E-state index in [1.807, 2.05) is 24.3 Å². The Morgan fingerprint density at radius 1 is 1.18 bits per heavy atom. The molecule has 3 aliphatic rings. The normalized spacial score (nSPS) is 24.6. The molecule has 202 valence electrons. The van der Waals surface area contributed by atoms with Gasteiger partial charge in [-0.15, -0.1) is 0 Å². The van der Waals surface area contributed by atoms with Crippen LogP contribution in [0, 0.1) is 11.7 Å². The molecule has 1 aromatic heterocycles. The molecule has 2 bridgehead atoms. The second-order valence-corrected chi connectivity index (χ2v) is 11.9. The summed E-state index contributed by atoms with van der Waals surface area (Å²) in [6, 6.07) is 13.1. The quantitative estimate of drug-likeness (QED) is 0.314. The lowest BCUT2D eigenvalue weighted by Gasteiger charge is -2.40. The first-order valence-electron chi connectivity index (χ1n) is 13.6. The number of nitrogens with zero attached hydrogens (tertiary/aromatic N) is 3. The van der Waals surface area contributed by atoms with E-state index in [-0.39, 0.29) is 33.4 Å². The summed E-state index contributed by atoms with van der Waals surface area (Å²) in [5.74, 6) is 0.508. The summed E-state index contributed by atoms with van der Waals surface area (Å²) in [7, 11) is 0. The molecule has 0 aliphatic carbocycles. The minimum Gasteiger partial charge on any atom is -0.508 e. The van der Waals surface area contributed by atoms with E-state index in [1.54, 1.807) is 18.2 Å². The summed E-state index contributed by atoms with van der Waals surface area (Å²) in [5, 5.41) is 19.9. The minimum absolute atomic E-state index is 0.0283. The van der Waals surface area contributed by atoms with E-state index >= 15 is 4.39 Å². The summed E-state index contributed by atoms with van der Waals surface area (Å²) in [6.45, 7) is 6.07. The monoisotopic (exact) mass is 547 g/mol. The Kier molecular flexibility index (Phi) is 6.02. The average Bonchev–Trinajstić information content (AvgIpc) is 3.53. The molecule has 0 spiro atoms. The van der Waals surface area contributed by atoms with E-state index in [9.17, 15) is 5.11 Å². The number of phenols is 1. The van der Waals surface area contributed by atoms with E-state index in [4.69, 9.17) is 21.3 Å². The van der Waals surface area contributed by atoms with E-state index < -0.39 is 5.82 Å². The number of anilines is 1. The van der Waals surface area contributed by atoms with Crippen LogP contribution in [0.1, 0.15) is 26.2 Å². The van der Waals surface area contributed by atoms with Crippen molar-refractivity contribution in [1.29, 1.82) is 0 Å². The van der Waals surface area contributed by atoms with Crippen LogP contribution in [0.4, 0.5) is 10.2 Å². The van der Waals surface area contributed by atoms with E-state index in [0.29, 0.717) is 35.3 Å². The maximum absolute atomic E-state index is 16.6. The van der Waals surface area contributed by atoms with Gasteiger partial charge in [-0.2, -0.15) is 9.97 Å².